The van der Waals surface area contributed by atoms with E-state index in [0.717, 1.165) is 31.5 Å². The summed E-state index contributed by atoms with van der Waals surface area (Å²) < 4.78 is 5.64. The lowest BCUT2D eigenvalue weighted by Gasteiger charge is -2.15. The van der Waals surface area contributed by atoms with E-state index in [1.54, 1.807) is 30.3 Å². The van der Waals surface area contributed by atoms with Crippen molar-refractivity contribution in [3.8, 4) is 5.75 Å². The molecule has 1 heterocycles. The van der Waals surface area contributed by atoms with Gasteiger partial charge in [0.25, 0.3) is 5.91 Å². The second kappa shape index (κ2) is 10.4. The SMILES string of the molecule is N=C(N)c1cccc(OCCCNC(=O)Cc2ccc(C(=O)N3CCCC3)cc2)c1. The average molecular weight is 409 g/mol. The lowest BCUT2D eigenvalue weighted by atomic mass is 10.1. The monoisotopic (exact) mass is 408 g/mol. The molecule has 0 atom stereocenters. The molecule has 4 N–H and O–H groups in total. The Balaban J connectivity index is 1.36. The molecule has 2 aromatic carbocycles. The number of benzene rings is 2. The predicted octanol–water partition coefficient (Wildman–Crippen LogP) is 2.33. The van der Waals surface area contributed by atoms with Crippen LogP contribution in [0.3, 0.4) is 0 Å². The first kappa shape index (κ1) is 21.4. The van der Waals surface area contributed by atoms with Gasteiger partial charge in [-0.3, -0.25) is 15.0 Å². The van der Waals surface area contributed by atoms with E-state index < -0.39 is 0 Å². The van der Waals surface area contributed by atoms with Gasteiger partial charge < -0.3 is 20.7 Å². The molecule has 3 rings (SSSR count). The minimum atomic E-state index is -0.0628. The van der Waals surface area contributed by atoms with Gasteiger partial charge in [-0.2, -0.15) is 0 Å². The quantitative estimate of drug-likeness (QED) is 0.336. The van der Waals surface area contributed by atoms with Crippen LogP contribution in [0.1, 0.15) is 40.7 Å². The average Bonchev–Trinajstić information content (AvgIpc) is 3.28. The van der Waals surface area contributed by atoms with E-state index in [1.165, 1.54) is 0 Å². The normalized spacial score (nSPS) is 13.1. The lowest BCUT2D eigenvalue weighted by Crippen LogP contribution is -2.28. The van der Waals surface area contributed by atoms with Crippen molar-refractivity contribution >= 4 is 17.6 Å². The fraction of sp³-hybridized carbons (Fsp3) is 0.348. The number of amides is 2. The molecular formula is C23H28N4O3. The maximum atomic E-state index is 12.4. The number of nitrogens with one attached hydrogen (secondary N) is 2. The highest BCUT2D eigenvalue weighted by Gasteiger charge is 2.19. The topological polar surface area (TPSA) is 109 Å². The Morgan fingerprint density at radius 2 is 1.80 bits per heavy atom. The molecule has 1 fully saturated rings. The Morgan fingerprint density at radius 3 is 2.50 bits per heavy atom. The van der Waals surface area contributed by atoms with Crippen molar-refractivity contribution in [3.63, 3.8) is 0 Å². The van der Waals surface area contributed by atoms with E-state index in [-0.39, 0.29) is 24.1 Å². The summed E-state index contributed by atoms with van der Waals surface area (Å²) in [5, 5.41) is 10.3. The van der Waals surface area contributed by atoms with E-state index in [9.17, 15) is 9.59 Å². The van der Waals surface area contributed by atoms with Crippen LogP contribution in [-0.2, 0) is 11.2 Å². The van der Waals surface area contributed by atoms with Crippen LogP contribution in [0.15, 0.2) is 48.5 Å². The third-order valence-corrected chi connectivity index (χ3v) is 5.02. The Labute approximate surface area is 176 Å². The van der Waals surface area contributed by atoms with Crippen molar-refractivity contribution in [2.45, 2.75) is 25.7 Å². The standard InChI is InChI=1S/C23H28N4O3/c24-22(25)19-5-3-6-20(16-19)30-14-4-11-26-21(28)15-17-7-9-18(10-8-17)23(29)27-12-1-2-13-27/h3,5-10,16H,1-2,4,11-15H2,(H3,24,25)(H,26,28). The molecule has 7 heteroatoms. The summed E-state index contributed by atoms with van der Waals surface area (Å²) in [7, 11) is 0. The molecule has 1 saturated heterocycles. The minimum absolute atomic E-state index is 0.00107. The third kappa shape index (κ3) is 6.07. The number of amidine groups is 1. The molecule has 0 spiro atoms. The molecule has 2 amide bonds. The van der Waals surface area contributed by atoms with Gasteiger partial charge in [0.2, 0.25) is 5.91 Å². The summed E-state index contributed by atoms with van der Waals surface area (Å²) in [5.74, 6) is 0.656. The summed E-state index contributed by atoms with van der Waals surface area (Å²) in [5.41, 5.74) is 7.64. The number of carbonyl (C=O) groups excluding carboxylic acids is 2. The zero-order chi connectivity index (χ0) is 21.3. The van der Waals surface area contributed by atoms with E-state index in [1.807, 2.05) is 23.1 Å². The first-order chi connectivity index (χ1) is 14.5. The molecule has 0 radical (unpaired) electrons. The zero-order valence-electron chi connectivity index (χ0n) is 17.0. The highest BCUT2D eigenvalue weighted by atomic mass is 16.5. The molecule has 0 bridgehead atoms. The molecule has 1 aliphatic heterocycles. The molecule has 0 saturated carbocycles. The van der Waals surface area contributed by atoms with Gasteiger partial charge in [0, 0.05) is 30.8 Å². The van der Waals surface area contributed by atoms with Gasteiger partial charge in [-0.1, -0.05) is 24.3 Å². The number of likely N-dealkylation sites (tertiary alicyclic amines) is 1. The number of hydrogen-bond acceptors (Lipinski definition) is 4. The fourth-order valence-corrected chi connectivity index (χ4v) is 3.36. The van der Waals surface area contributed by atoms with Crippen molar-refractivity contribution < 1.29 is 14.3 Å². The summed E-state index contributed by atoms with van der Waals surface area (Å²) in [6.07, 6.45) is 3.08. The number of nitrogen functional groups attached to an aromatic ring is 1. The molecule has 0 aromatic heterocycles. The summed E-state index contributed by atoms with van der Waals surface area (Å²) in [4.78, 5) is 26.4. The third-order valence-electron chi connectivity index (χ3n) is 5.02. The molecule has 0 aliphatic carbocycles. The van der Waals surface area contributed by atoms with Crippen molar-refractivity contribution in [1.82, 2.24) is 10.2 Å². The summed E-state index contributed by atoms with van der Waals surface area (Å²) in [6, 6.07) is 14.4. The van der Waals surface area contributed by atoms with E-state index in [2.05, 4.69) is 5.32 Å². The Hall–Kier alpha value is -3.35. The number of ether oxygens (including phenoxy) is 1. The van der Waals surface area contributed by atoms with E-state index in [0.29, 0.717) is 36.4 Å². The molecule has 2 aromatic rings. The first-order valence-corrected chi connectivity index (χ1v) is 10.2. The van der Waals surface area contributed by atoms with Gasteiger partial charge in [0.15, 0.2) is 0 Å². The minimum Gasteiger partial charge on any atom is -0.494 e. The summed E-state index contributed by atoms with van der Waals surface area (Å²) in [6.45, 7) is 2.62. The summed E-state index contributed by atoms with van der Waals surface area (Å²) >= 11 is 0. The Morgan fingerprint density at radius 1 is 1.07 bits per heavy atom. The van der Waals surface area contributed by atoms with Crippen LogP contribution in [0.5, 0.6) is 5.75 Å². The molecule has 158 valence electrons. The first-order valence-electron chi connectivity index (χ1n) is 10.2. The second-order valence-electron chi connectivity index (χ2n) is 7.37. The van der Waals surface area contributed by atoms with Crippen LogP contribution in [0, 0.1) is 5.41 Å². The maximum Gasteiger partial charge on any atom is 0.253 e. The molecule has 7 nitrogen and oxygen atoms in total. The van der Waals surface area contributed by atoms with Crippen LogP contribution in [0.25, 0.3) is 0 Å². The number of hydrogen-bond donors (Lipinski definition) is 3. The van der Waals surface area contributed by atoms with Crippen molar-refractivity contribution in [2.75, 3.05) is 26.2 Å². The van der Waals surface area contributed by atoms with Crippen LogP contribution in [-0.4, -0.2) is 48.8 Å². The second-order valence-corrected chi connectivity index (χ2v) is 7.37. The highest BCUT2D eigenvalue weighted by molar-refractivity contribution is 5.95. The van der Waals surface area contributed by atoms with E-state index >= 15 is 0 Å². The molecular weight excluding hydrogens is 380 g/mol. The smallest absolute Gasteiger partial charge is 0.253 e. The van der Waals surface area contributed by atoms with E-state index in [4.69, 9.17) is 15.9 Å². The number of carbonyl (C=O) groups is 2. The zero-order valence-corrected chi connectivity index (χ0v) is 17.0. The van der Waals surface area contributed by atoms with Crippen LogP contribution in [0.4, 0.5) is 0 Å². The molecule has 1 aliphatic rings. The van der Waals surface area contributed by atoms with Crippen molar-refractivity contribution in [1.29, 1.82) is 5.41 Å². The largest absolute Gasteiger partial charge is 0.494 e. The number of nitrogens with two attached hydrogens (primary N) is 1. The number of rotatable bonds is 9. The molecule has 30 heavy (non-hydrogen) atoms. The Kier molecular flexibility index (Phi) is 7.43. The van der Waals surface area contributed by atoms with Crippen molar-refractivity contribution in [2.24, 2.45) is 5.73 Å². The lowest BCUT2D eigenvalue weighted by molar-refractivity contribution is -0.120. The van der Waals surface area contributed by atoms with Gasteiger partial charge in [-0.05, 0) is 49.1 Å². The van der Waals surface area contributed by atoms with Gasteiger partial charge in [-0.25, -0.2) is 0 Å². The fourth-order valence-electron chi connectivity index (χ4n) is 3.36. The van der Waals surface area contributed by atoms with Crippen LogP contribution >= 0.6 is 0 Å². The van der Waals surface area contributed by atoms with Crippen LogP contribution < -0.4 is 15.8 Å². The highest BCUT2D eigenvalue weighted by Crippen LogP contribution is 2.14. The maximum absolute atomic E-state index is 12.4. The number of nitrogens with zero attached hydrogens (tertiary/aromatic N) is 1. The van der Waals surface area contributed by atoms with Gasteiger partial charge in [0.05, 0.1) is 13.0 Å². The van der Waals surface area contributed by atoms with Gasteiger partial charge >= 0.3 is 0 Å². The van der Waals surface area contributed by atoms with Gasteiger partial charge in [-0.15, -0.1) is 0 Å². The van der Waals surface area contributed by atoms with Gasteiger partial charge in [0.1, 0.15) is 11.6 Å². The van der Waals surface area contributed by atoms with Crippen molar-refractivity contribution in [3.05, 3.63) is 65.2 Å². The molecule has 0 unspecified atom stereocenters. The Bertz CT molecular complexity index is 890. The predicted molar refractivity (Wildman–Crippen MR) is 116 cm³/mol. The van der Waals surface area contributed by atoms with Crippen LogP contribution in [0.2, 0.25) is 0 Å².